The van der Waals surface area contributed by atoms with Gasteiger partial charge in [0.15, 0.2) is 23.0 Å². The Morgan fingerprint density at radius 1 is 0.875 bits per heavy atom. The van der Waals surface area contributed by atoms with Gasteiger partial charge in [-0.05, 0) is 54.0 Å². The van der Waals surface area contributed by atoms with Gasteiger partial charge in [-0.3, -0.25) is 4.98 Å². The summed E-state index contributed by atoms with van der Waals surface area (Å²) >= 11 is 0. The monoisotopic (exact) mass is 439 g/mol. The van der Waals surface area contributed by atoms with Gasteiger partial charge in [0.05, 0.1) is 27.4 Å². The maximum atomic E-state index is 10.6. The van der Waals surface area contributed by atoms with Gasteiger partial charge < -0.3 is 24.1 Å². The van der Waals surface area contributed by atoms with Crippen LogP contribution in [0.1, 0.15) is 44.7 Å². The first-order valence-electron chi connectivity index (χ1n) is 11.1. The molecule has 0 aliphatic rings. The maximum Gasteiger partial charge on any atom is 0.203 e. The number of nitrogens with zero attached hydrogens (tertiary/aromatic N) is 1. The molecule has 32 heavy (non-hydrogen) atoms. The van der Waals surface area contributed by atoms with Crippen molar-refractivity contribution in [2.24, 2.45) is 5.92 Å². The lowest BCUT2D eigenvalue weighted by molar-refractivity contribution is 0.220. The first kappa shape index (κ1) is 23.5. The number of rotatable bonds is 11. The molecule has 0 atom stereocenters. The number of methoxy groups -OCH3 is 2. The summed E-state index contributed by atoms with van der Waals surface area (Å²) in [5.41, 5.74) is 1.98. The van der Waals surface area contributed by atoms with E-state index in [9.17, 15) is 5.11 Å². The van der Waals surface area contributed by atoms with Crippen molar-refractivity contribution in [1.29, 1.82) is 0 Å². The Balaban J connectivity index is 1.95. The van der Waals surface area contributed by atoms with Crippen LogP contribution in [0.15, 0.2) is 36.7 Å². The van der Waals surface area contributed by atoms with Crippen LogP contribution >= 0.6 is 0 Å². The molecule has 1 aromatic heterocycles. The lowest BCUT2D eigenvalue weighted by Crippen LogP contribution is -2.11. The van der Waals surface area contributed by atoms with Crippen molar-refractivity contribution < 1.29 is 24.1 Å². The molecular weight excluding hydrogens is 406 g/mol. The van der Waals surface area contributed by atoms with Crippen LogP contribution in [0, 0.1) is 5.92 Å². The molecule has 0 bridgehead atoms. The molecular formula is C26H33NO5. The number of hydrogen-bond donors (Lipinski definition) is 1. The van der Waals surface area contributed by atoms with Crippen LogP contribution in [0.4, 0.5) is 0 Å². The van der Waals surface area contributed by atoms with Crippen molar-refractivity contribution >= 4 is 10.8 Å². The van der Waals surface area contributed by atoms with E-state index in [1.165, 1.54) is 0 Å². The summed E-state index contributed by atoms with van der Waals surface area (Å²) in [6, 6.07) is 7.69. The number of aromatic hydroxyl groups is 1. The largest absolute Gasteiger partial charge is 0.504 e. The van der Waals surface area contributed by atoms with E-state index in [0.717, 1.165) is 29.4 Å². The van der Waals surface area contributed by atoms with Crippen LogP contribution < -0.4 is 18.9 Å². The van der Waals surface area contributed by atoms with Gasteiger partial charge in [0.1, 0.15) is 0 Å². The summed E-state index contributed by atoms with van der Waals surface area (Å²) in [4.78, 5) is 4.34. The molecule has 6 nitrogen and oxygen atoms in total. The molecule has 172 valence electrons. The fraction of sp³-hybridized carbons (Fsp3) is 0.423. The van der Waals surface area contributed by atoms with Crippen molar-refractivity contribution in [3.63, 3.8) is 0 Å². The minimum Gasteiger partial charge on any atom is -0.504 e. The van der Waals surface area contributed by atoms with Crippen LogP contribution in [0.5, 0.6) is 28.7 Å². The third kappa shape index (κ3) is 5.01. The Hall–Kier alpha value is -3.15. The number of phenols is 1. The predicted molar refractivity (Wildman–Crippen MR) is 126 cm³/mol. The van der Waals surface area contributed by atoms with E-state index in [2.05, 4.69) is 18.8 Å². The quantitative estimate of drug-likeness (QED) is 0.409. The highest BCUT2D eigenvalue weighted by molar-refractivity contribution is 5.92. The highest BCUT2D eigenvalue weighted by Gasteiger charge is 2.17. The van der Waals surface area contributed by atoms with Gasteiger partial charge in [-0.15, -0.1) is 0 Å². The van der Waals surface area contributed by atoms with E-state index in [4.69, 9.17) is 18.9 Å². The second kappa shape index (κ2) is 10.9. The molecule has 0 aliphatic heterocycles. The Kier molecular flexibility index (Phi) is 8.03. The van der Waals surface area contributed by atoms with Crippen molar-refractivity contribution in [3.05, 3.63) is 47.8 Å². The second-order valence-corrected chi connectivity index (χ2v) is 7.74. The highest BCUT2D eigenvalue weighted by atomic mass is 16.5. The molecule has 2 aromatic carbocycles. The third-order valence-corrected chi connectivity index (χ3v) is 5.79. The van der Waals surface area contributed by atoms with Gasteiger partial charge in [0.25, 0.3) is 0 Å². The van der Waals surface area contributed by atoms with Crippen molar-refractivity contribution in [3.8, 4) is 28.7 Å². The SMILES string of the molecule is CCOc1ccc2c(Cc3cc(OC)c(OCC(CC)CC)c(OC)c3)cncc2c1O. The van der Waals surface area contributed by atoms with Gasteiger partial charge in [0, 0.05) is 17.8 Å². The summed E-state index contributed by atoms with van der Waals surface area (Å²) in [6.45, 7) is 7.33. The maximum absolute atomic E-state index is 10.6. The molecule has 3 rings (SSSR count). The van der Waals surface area contributed by atoms with Crippen LogP contribution in [-0.4, -0.2) is 37.5 Å². The zero-order valence-electron chi connectivity index (χ0n) is 19.6. The molecule has 0 amide bonds. The Morgan fingerprint density at radius 2 is 1.56 bits per heavy atom. The molecule has 1 heterocycles. The number of phenolic OH excluding ortho intramolecular Hbond substituents is 1. The summed E-state index contributed by atoms with van der Waals surface area (Å²) in [7, 11) is 3.27. The molecule has 0 spiro atoms. The molecule has 0 fully saturated rings. The second-order valence-electron chi connectivity index (χ2n) is 7.74. The molecule has 0 saturated carbocycles. The smallest absolute Gasteiger partial charge is 0.203 e. The van der Waals surface area contributed by atoms with E-state index in [-0.39, 0.29) is 5.75 Å². The van der Waals surface area contributed by atoms with Gasteiger partial charge in [-0.1, -0.05) is 32.8 Å². The normalized spacial score (nSPS) is 11.1. The molecule has 3 aromatic rings. The summed E-state index contributed by atoms with van der Waals surface area (Å²) in [6.07, 6.45) is 6.19. The molecule has 0 saturated heterocycles. The first-order chi connectivity index (χ1) is 15.6. The standard InChI is InChI=1S/C26H33NO5/c1-6-17(7-2)16-32-26-23(29-4)12-18(13-24(26)30-5)11-19-14-27-15-21-20(19)9-10-22(25(21)28)31-8-3/h9-10,12-15,17,28H,6-8,11,16H2,1-5H3. The Bertz CT molecular complexity index is 1020. The Labute approximate surface area is 190 Å². The van der Waals surface area contributed by atoms with E-state index in [1.54, 1.807) is 26.5 Å². The number of hydrogen-bond acceptors (Lipinski definition) is 6. The van der Waals surface area contributed by atoms with Crippen molar-refractivity contribution in [2.75, 3.05) is 27.4 Å². The van der Waals surface area contributed by atoms with Crippen LogP contribution in [0.2, 0.25) is 0 Å². The lowest BCUT2D eigenvalue weighted by atomic mass is 9.99. The number of ether oxygens (including phenoxy) is 4. The van der Waals surface area contributed by atoms with E-state index >= 15 is 0 Å². The Morgan fingerprint density at radius 3 is 2.16 bits per heavy atom. The molecule has 0 aliphatic carbocycles. The van der Waals surface area contributed by atoms with Gasteiger partial charge in [-0.2, -0.15) is 0 Å². The van der Waals surface area contributed by atoms with E-state index in [0.29, 0.717) is 53.9 Å². The topological polar surface area (TPSA) is 70.0 Å². The van der Waals surface area contributed by atoms with Gasteiger partial charge >= 0.3 is 0 Å². The van der Waals surface area contributed by atoms with Gasteiger partial charge in [-0.25, -0.2) is 0 Å². The third-order valence-electron chi connectivity index (χ3n) is 5.79. The predicted octanol–water partition coefficient (Wildman–Crippen LogP) is 5.76. The van der Waals surface area contributed by atoms with Crippen molar-refractivity contribution in [2.45, 2.75) is 40.0 Å². The number of fused-ring (bicyclic) bond motifs is 1. The fourth-order valence-electron chi connectivity index (χ4n) is 3.81. The minimum absolute atomic E-state index is 0.110. The molecule has 6 heteroatoms. The van der Waals surface area contributed by atoms with Crippen molar-refractivity contribution in [1.82, 2.24) is 4.98 Å². The lowest BCUT2D eigenvalue weighted by Gasteiger charge is -2.19. The van der Waals surface area contributed by atoms with E-state index < -0.39 is 0 Å². The first-order valence-corrected chi connectivity index (χ1v) is 11.1. The van der Waals surface area contributed by atoms with Crippen LogP contribution in [0.3, 0.4) is 0 Å². The average molecular weight is 440 g/mol. The number of aromatic nitrogens is 1. The summed E-state index contributed by atoms with van der Waals surface area (Å²) < 4.78 is 22.9. The minimum atomic E-state index is 0.110. The summed E-state index contributed by atoms with van der Waals surface area (Å²) in [5.74, 6) is 2.96. The zero-order valence-corrected chi connectivity index (χ0v) is 19.6. The highest BCUT2D eigenvalue weighted by Crippen LogP contribution is 2.41. The van der Waals surface area contributed by atoms with Crippen LogP contribution in [0.25, 0.3) is 10.8 Å². The molecule has 0 unspecified atom stereocenters. The molecule has 1 N–H and O–H groups in total. The average Bonchev–Trinajstić information content (AvgIpc) is 2.82. The zero-order chi connectivity index (χ0) is 23.1. The number of benzene rings is 2. The van der Waals surface area contributed by atoms with Gasteiger partial charge in [0.2, 0.25) is 5.75 Å². The molecule has 0 radical (unpaired) electrons. The number of pyridine rings is 1. The summed E-state index contributed by atoms with van der Waals surface area (Å²) in [5, 5.41) is 12.2. The van der Waals surface area contributed by atoms with E-state index in [1.807, 2.05) is 31.3 Å². The van der Waals surface area contributed by atoms with Crippen LogP contribution in [-0.2, 0) is 6.42 Å². The fourth-order valence-corrected chi connectivity index (χ4v) is 3.81.